The van der Waals surface area contributed by atoms with Gasteiger partial charge in [-0.2, -0.15) is 0 Å². The lowest BCUT2D eigenvalue weighted by atomic mass is 10.1. The Bertz CT molecular complexity index is 697. The van der Waals surface area contributed by atoms with Crippen molar-refractivity contribution in [2.24, 2.45) is 0 Å². The molecule has 24 heavy (non-hydrogen) atoms. The molecule has 0 aliphatic rings. The summed E-state index contributed by atoms with van der Waals surface area (Å²) in [6.07, 6.45) is 0.327. The Labute approximate surface area is 145 Å². The smallest absolute Gasteiger partial charge is 0.319 e. The van der Waals surface area contributed by atoms with Crippen LogP contribution in [0.5, 0.6) is 0 Å². The summed E-state index contributed by atoms with van der Waals surface area (Å²) in [7, 11) is 1.61. The highest BCUT2D eigenvalue weighted by molar-refractivity contribution is 7.09. The van der Waals surface area contributed by atoms with E-state index < -0.39 is 0 Å². The molecular weight excluding hydrogens is 324 g/mol. The first kappa shape index (κ1) is 17.9. The molecule has 1 aromatic carbocycles. The van der Waals surface area contributed by atoms with Gasteiger partial charge in [0.1, 0.15) is 0 Å². The Balaban J connectivity index is 1.80. The van der Waals surface area contributed by atoms with Crippen molar-refractivity contribution in [1.29, 1.82) is 0 Å². The molecule has 0 spiro atoms. The summed E-state index contributed by atoms with van der Waals surface area (Å²) >= 11 is 1.61. The molecule has 1 heterocycles. The molecule has 1 unspecified atom stereocenters. The number of urea groups is 1. The van der Waals surface area contributed by atoms with Gasteiger partial charge in [0.15, 0.2) is 0 Å². The molecule has 1 atom stereocenters. The second kappa shape index (κ2) is 8.44. The van der Waals surface area contributed by atoms with Crippen molar-refractivity contribution in [3.05, 3.63) is 45.9 Å². The zero-order chi connectivity index (χ0) is 17.5. The molecule has 0 fully saturated rings. The number of hydrogen-bond acceptors (Lipinski definition) is 4. The molecule has 3 amide bonds. The van der Waals surface area contributed by atoms with Gasteiger partial charge in [-0.05, 0) is 24.6 Å². The first-order chi connectivity index (χ1) is 11.5. The van der Waals surface area contributed by atoms with Crippen molar-refractivity contribution >= 4 is 29.0 Å². The molecule has 0 bridgehead atoms. The van der Waals surface area contributed by atoms with E-state index in [4.69, 9.17) is 0 Å². The van der Waals surface area contributed by atoms with Crippen LogP contribution in [0.3, 0.4) is 0 Å². The molecule has 3 N–H and O–H groups in total. The minimum absolute atomic E-state index is 0.0418. The Morgan fingerprint density at radius 2 is 1.96 bits per heavy atom. The van der Waals surface area contributed by atoms with Gasteiger partial charge in [-0.15, -0.1) is 11.3 Å². The lowest BCUT2D eigenvalue weighted by Crippen LogP contribution is -2.31. The minimum atomic E-state index is -0.255. The molecule has 0 radical (unpaired) electrons. The van der Waals surface area contributed by atoms with Crippen LogP contribution in [0, 0.1) is 6.92 Å². The third-order valence-corrected chi connectivity index (χ3v) is 4.68. The predicted octanol–water partition coefficient (Wildman–Crippen LogP) is 2.67. The Morgan fingerprint density at radius 3 is 2.54 bits per heavy atom. The zero-order valence-electron chi connectivity index (χ0n) is 14.1. The predicted molar refractivity (Wildman–Crippen MR) is 96.5 cm³/mol. The van der Waals surface area contributed by atoms with Gasteiger partial charge in [0.05, 0.1) is 11.4 Å². The van der Waals surface area contributed by atoms with Crippen molar-refractivity contribution in [2.45, 2.75) is 26.2 Å². The van der Waals surface area contributed by atoms with E-state index in [1.165, 1.54) is 0 Å². The van der Waals surface area contributed by atoms with Crippen molar-refractivity contribution in [3.8, 4) is 0 Å². The van der Waals surface area contributed by atoms with Crippen LogP contribution in [-0.2, 0) is 11.2 Å². The van der Waals surface area contributed by atoms with Crippen LogP contribution in [0.2, 0.25) is 0 Å². The largest absolute Gasteiger partial charge is 0.359 e. The van der Waals surface area contributed by atoms with Crippen molar-refractivity contribution in [3.63, 3.8) is 0 Å². The molecule has 0 aliphatic heterocycles. The monoisotopic (exact) mass is 346 g/mol. The molecule has 2 aromatic rings. The Morgan fingerprint density at radius 1 is 1.25 bits per heavy atom. The highest BCUT2D eigenvalue weighted by Crippen LogP contribution is 2.19. The highest BCUT2D eigenvalue weighted by atomic mass is 32.1. The van der Waals surface area contributed by atoms with Gasteiger partial charge in [0.2, 0.25) is 5.91 Å². The summed E-state index contributed by atoms with van der Waals surface area (Å²) in [5.74, 6) is 0.129. The fraction of sp³-hybridized carbons (Fsp3) is 0.353. The van der Waals surface area contributed by atoms with Crippen LogP contribution in [0.25, 0.3) is 0 Å². The first-order valence-corrected chi connectivity index (χ1v) is 8.62. The quantitative estimate of drug-likeness (QED) is 0.752. The van der Waals surface area contributed by atoms with Crippen LogP contribution in [0.1, 0.15) is 29.1 Å². The Hall–Kier alpha value is -2.41. The molecular formula is C17H22N4O2S. The van der Waals surface area contributed by atoms with Crippen LogP contribution < -0.4 is 16.0 Å². The summed E-state index contributed by atoms with van der Waals surface area (Å²) in [4.78, 5) is 27.7. The number of carbonyl (C=O) groups is 2. The number of thiazole rings is 1. The maximum Gasteiger partial charge on any atom is 0.319 e. The number of aryl methyl sites for hydroxylation is 1. The third kappa shape index (κ3) is 5.34. The third-order valence-electron chi connectivity index (χ3n) is 3.48. The average Bonchev–Trinajstić information content (AvgIpc) is 3.01. The molecule has 2 rings (SSSR count). The molecule has 1 aromatic heterocycles. The number of carbonyl (C=O) groups excluding carboxylic acids is 2. The molecule has 0 aliphatic carbocycles. The molecule has 7 heteroatoms. The van der Waals surface area contributed by atoms with Gasteiger partial charge in [-0.25, -0.2) is 9.78 Å². The fourth-order valence-corrected chi connectivity index (χ4v) is 2.94. The maximum atomic E-state index is 12.0. The number of hydrogen-bond donors (Lipinski definition) is 3. The number of amides is 3. The van der Waals surface area contributed by atoms with Gasteiger partial charge in [-0.3, -0.25) is 4.79 Å². The fourth-order valence-electron chi connectivity index (χ4n) is 2.09. The molecule has 0 saturated carbocycles. The van der Waals surface area contributed by atoms with Gasteiger partial charge < -0.3 is 16.0 Å². The second-order valence-corrected chi connectivity index (χ2v) is 6.50. The number of anilines is 1. The van der Waals surface area contributed by atoms with E-state index in [1.807, 2.05) is 31.4 Å². The van der Waals surface area contributed by atoms with E-state index in [-0.39, 0.29) is 17.9 Å². The normalized spacial score (nSPS) is 11.6. The SMILES string of the molecule is CNC(=O)Cc1ccc(NC(=O)NCC(C)c2nc(C)cs2)cc1. The summed E-state index contributed by atoms with van der Waals surface area (Å²) in [6, 6.07) is 6.96. The van der Waals surface area contributed by atoms with Crippen molar-refractivity contribution in [2.75, 3.05) is 18.9 Å². The van der Waals surface area contributed by atoms with E-state index in [0.29, 0.717) is 18.7 Å². The first-order valence-electron chi connectivity index (χ1n) is 7.74. The summed E-state index contributed by atoms with van der Waals surface area (Å²) < 4.78 is 0. The number of aromatic nitrogens is 1. The Kier molecular flexibility index (Phi) is 6.31. The van der Waals surface area contributed by atoms with E-state index in [9.17, 15) is 9.59 Å². The maximum absolute atomic E-state index is 12.0. The van der Waals surface area contributed by atoms with Gasteiger partial charge in [-0.1, -0.05) is 19.1 Å². The number of benzene rings is 1. The number of nitrogens with zero attached hydrogens (tertiary/aromatic N) is 1. The average molecular weight is 346 g/mol. The van der Waals surface area contributed by atoms with E-state index in [1.54, 1.807) is 30.5 Å². The van der Waals surface area contributed by atoms with Crippen LogP contribution in [0.15, 0.2) is 29.6 Å². The highest BCUT2D eigenvalue weighted by Gasteiger charge is 2.11. The molecule has 0 saturated heterocycles. The van der Waals surface area contributed by atoms with E-state index in [2.05, 4.69) is 20.9 Å². The van der Waals surface area contributed by atoms with E-state index in [0.717, 1.165) is 16.3 Å². The molecule has 128 valence electrons. The van der Waals surface area contributed by atoms with Gasteiger partial charge in [0, 0.05) is 36.3 Å². The van der Waals surface area contributed by atoms with E-state index >= 15 is 0 Å². The topological polar surface area (TPSA) is 83.1 Å². The summed E-state index contributed by atoms with van der Waals surface area (Å²) in [5, 5.41) is 11.2. The van der Waals surface area contributed by atoms with Crippen LogP contribution >= 0.6 is 11.3 Å². The number of likely N-dealkylation sites (N-methyl/N-ethyl adjacent to an activating group) is 1. The zero-order valence-corrected chi connectivity index (χ0v) is 14.9. The summed E-state index contributed by atoms with van der Waals surface area (Å²) in [6.45, 7) is 4.51. The lowest BCUT2D eigenvalue weighted by Gasteiger charge is -2.11. The number of nitrogens with one attached hydrogen (secondary N) is 3. The number of rotatable bonds is 6. The molecule has 6 nitrogen and oxygen atoms in total. The second-order valence-electron chi connectivity index (χ2n) is 5.61. The lowest BCUT2D eigenvalue weighted by molar-refractivity contribution is -0.119. The standard InChI is InChI=1S/C17H22N4O2S/c1-11(16-20-12(2)10-24-16)9-19-17(23)21-14-6-4-13(5-7-14)8-15(22)18-3/h4-7,10-11H,8-9H2,1-3H3,(H,18,22)(H2,19,21,23). The summed E-state index contributed by atoms with van der Waals surface area (Å²) in [5.41, 5.74) is 2.59. The van der Waals surface area contributed by atoms with Gasteiger partial charge >= 0.3 is 6.03 Å². The van der Waals surface area contributed by atoms with Crippen molar-refractivity contribution in [1.82, 2.24) is 15.6 Å². The van der Waals surface area contributed by atoms with Crippen LogP contribution in [0.4, 0.5) is 10.5 Å². The minimum Gasteiger partial charge on any atom is -0.359 e. The van der Waals surface area contributed by atoms with Gasteiger partial charge in [0.25, 0.3) is 0 Å². The van der Waals surface area contributed by atoms with Crippen LogP contribution in [-0.4, -0.2) is 30.5 Å². The van der Waals surface area contributed by atoms with Crippen molar-refractivity contribution < 1.29 is 9.59 Å².